The van der Waals surface area contributed by atoms with Crippen molar-refractivity contribution < 1.29 is 4.92 Å². The highest BCUT2D eigenvalue weighted by molar-refractivity contribution is 9.09. The van der Waals surface area contributed by atoms with Crippen molar-refractivity contribution in [1.82, 2.24) is 14.9 Å². The van der Waals surface area contributed by atoms with Crippen molar-refractivity contribution in [1.29, 1.82) is 0 Å². The predicted molar refractivity (Wildman–Crippen MR) is 72.8 cm³/mol. The Bertz CT molecular complexity index is 383. The van der Waals surface area contributed by atoms with Gasteiger partial charge in [0.05, 0.1) is 13.1 Å². The van der Waals surface area contributed by atoms with Gasteiger partial charge in [-0.1, -0.05) is 36.8 Å². The highest BCUT2D eigenvalue weighted by atomic mass is 79.9. The standard InChI is InChI=1S/C9H14Br2N4O2/c1-14-8(6-13-9(14)15(16)17)7(2-3-10)12-5-4-11/h6-7,12H,2-5H2,1H3. The molecule has 1 unspecified atom stereocenters. The molecule has 0 spiro atoms. The van der Waals surface area contributed by atoms with Crippen LogP contribution in [0.5, 0.6) is 0 Å². The van der Waals surface area contributed by atoms with E-state index in [1.807, 2.05) is 0 Å². The van der Waals surface area contributed by atoms with E-state index in [0.29, 0.717) is 0 Å². The second kappa shape index (κ2) is 7.07. The molecule has 1 heterocycles. The quantitative estimate of drug-likeness (QED) is 0.454. The average molecular weight is 370 g/mol. The van der Waals surface area contributed by atoms with Gasteiger partial charge in [-0.05, 0) is 11.3 Å². The molecule has 1 atom stereocenters. The first-order valence-corrected chi connectivity index (χ1v) is 7.37. The van der Waals surface area contributed by atoms with Gasteiger partial charge in [0.1, 0.15) is 11.9 Å². The highest BCUT2D eigenvalue weighted by Crippen LogP contribution is 2.21. The highest BCUT2D eigenvalue weighted by Gasteiger charge is 2.23. The van der Waals surface area contributed by atoms with Crippen molar-refractivity contribution in [2.24, 2.45) is 7.05 Å². The Kier molecular flexibility index (Phi) is 6.07. The lowest BCUT2D eigenvalue weighted by molar-refractivity contribution is -0.396. The molecular formula is C9H14Br2N4O2. The molecule has 0 bridgehead atoms. The summed E-state index contributed by atoms with van der Waals surface area (Å²) >= 11 is 6.73. The molecule has 96 valence electrons. The molecule has 0 amide bonds. The number of imidazole rings is 1. The summed E-state index contributed by atoms with van der Waals surface area (Å²) in [5.74, 6) is -0.125. The van der Waals surface area contributed by atoms with Gasteiger partial charge in [0.2, 0.25) is 0 Å². The fourth-order valence-electron chi connectivity index (χ4n) is 1.60. The third-order valence-corrected chi connectivity index (χ3v) is 3.26. The van der Waals surface area contributed by atoms with E-state index in [1.54, 1.807) is 13.2 Å². The van der Waals surface area contributed by atoms with Crippen molar-refractivity contribution in [3.05, 3.63) is 22.0 Å². The van der Waals surface area contributed by atoms with Gasteiger partial charge in [-0.2, -0.15) is 0 Å². The lowest BCUT2D eigenvalue weighted by atomic mass is 10.1. The zero-order valence-electron chi connectivity index (χ0n) is 9.40. The van der Waals surface area contributed by atoms with E-state index in [1.165, 1.54) is 4.57 Å². The molecule has 1 N–H and O–H groups in total. The summed E-state index contributed by atoms with van der Waals surface area (Å²) in [4.78, 5) is 14.1. The van der Waals surface area contributed by atoms with Crippen LogP contribution in [-0.4, -0.2) is 31.7 Å². The maximum Gasteiger partial charge on any atom is 0.434 e. The molecule has 1 aromatic heterocycles. The van der Waals surface area contributed by atoms with E-state index in [2.05, 4.69) is 42.2 Å². The summed E-state index contributed by atoms with van der Waals surface area (Å²) in [6.07, 6.45) is 2.41. The van der Waals surface area contributed by atoms with E-state index < -0.39 is 4.92 Å². The Morgan fingerprint density at radius 1 is 1.59 bits per heavy atom. The van der Waals surface area contributed by atoms with Gasteiger partial charge >= 0.3 is 5.95 Å². The number of hydrogen-bond donors (Lipinski definition) is 1. The molecule has 1 rings (SSSR count). The minimum absolute atomic E-state index is 0.0677. The Morgan fingerprint density at radius 3 is 2.76 bits per heavy atom. The van der Waals surface area contributed by atoms with Gasteiger partial charge in [0.15, 0.2) is 0 Å². The lowest BCUT2D eigenvalue weighted by Gasteiger charge is -2.15. The molecule has 0 saturated heterocycles. The Balaban J connectivity index is 2.89. The number of nitro groups is 1. The monoisotopic (exact) mass is 368 g/mol. The Labute approximate surface area is 116 Å². The molecule has 0 radical (unpaired) electrons. The van der Waals surface area contributed by atoms with Crippen LogP contribution in [0.4, 0.5) is 5.95 Å². The van der Waals surface area contributed by atoms with E-state index in [-0.39, 0.29) is 12.0 Å². The zero-order valence-corrected chi connectivity index (χ0v) is 12.6. The molecule has 0 saturated carbocycles. The Hall–Kier alpha value is -0.470. The molecule has 0 aliphatic carbocycles. The first-order chi connectivity index (χ1) is 8.11. The van der Waals surface area contributed by atoms with Crippen molar-refractivity contribution in [2.45, 2.75) is 12.5 Å². The van der Waals surface area contributed by atoms with Gasteiger partial charge in [0, 0.05) is 17.2 Å². The maximum atomic E-state index is 10.7. The first-order valence-electron chi connectivity index (χ1n) is 5.13. The van der Waals surface area contributed by atoms with Gasteiger partial charge in [-0.15, -0.1) is 0 Å². The number of nitrogens with zero attached hydrogens (tertiary/aromatic N) is 3. The van der Waals surface area contributed by atoms with E-state index in [9.17, 15) is 10.1 Å². The van der Waals surface area contributed by atoms with Gasteiger partial charge in [0.25, 0.3) is 0 Å². The van der Waals surface area contributed by atoms with E-state index >= 15 is 0 Å². The normalized spacial score (nSPS) is 12.6. The summed E-state index contributed by atoms with van der Waals surface area (Å²) in [7, 11) is 1.66. The smallest absolute Gasteiger partial charge is 0.390 e. The number of halogens is 2. The van der Waals surface area contributed by atoms with Crippen LogP contribution in [-0.2, 0) is 7.05 Å². The summed E-state index contributed by atoms with van der Waals surface area (Å²) in [6, 6.07) is 0.0677. The van der Waals surface area contributed by atoms with Crippen LogP contribution in [0.15, 0.2) is 6.20 Å². The number of nitrogens with one attached hydrogen (secondary N) is 1. The third kappa shape index (κ3) is 3.75. The summed E-state index contributed by atoms with van der Waals surface area (Å²) < 4.78 is 1.52. The minimum atomic E-state index is -0.473. The zero-order chi connectivity index (χ0) is 12.8. The van der Waals surface area contributed by atoms with E-state index in [4.69, 9.17) is 0 Å². The lowest BCUT2D eigenvalue weighted by Crippen LogP contribution is -2.25. The number of aromatic nitrogens is 2. The topological polar surface area (TPSA) is 73.0 Å². The Morgan fingerprint density at radius 2 is 2.29 bits per heavy atom. The molecule has 0 aliphatic heterocycles. The number of rotatable bonds is 7. The van der Waals surface area contributed by atoms with Crippen molar-refractivity contribution >= 4 is 37.8 Å². The third-order valence-electron chi connectivity index (χ3n) is 2.40. The van der Waals surface area contributed by atoms with Gasteiger partial charge < -0.3 is 15.4 Å². The number of hydrogen-bond acceptors (Lipinski definition) is 4. The minimum Gasteiger partial charge on any atom is -0.390 e. The molecule has 6 nitrogen and oxygen atoms in total. The van der Waals surface area contributed by atoms with E-state index in [0.717, 1.165) is 29.3 Å². The van der Waals surface area contributed by atoms with Crippen molar-refractivity contribution in [2.75, 3.05) is 17.2 Å². The van der Waals surface area contributed by atoms with Crippen LogP contribution < -0.4 is 5.32 Å². The van der Waals surface area contributed by atoms with Crippen LogP contribution in [0.1, 0.15) is 18.2 Å². The van der Waals surface area contributed by atoms with Gasteiger partial charge in [-0.25, -0.2) is 4.57 Å². The van der Waals surface area contributed by atoms with Crippen LogP contribution in [0, 0.1) is 10.1 Å². The summed E-state index contributed by atoms with van der Waals surface area (Å²) in [5, 5.41) is 15.7. The van der Waals surface area contributed by atoms with Crippen molar-refractivity contribution in [3.8, 4) is 0 Å². The maximum absolute atomic E-state index is 10.7. The predicted octanol–water partition coefficient (Wildman–Crippen LogP) is 2.14. The van der Waals surface area contributed by atoms with Gasteiger partial charge in [-0.3, -0.25) is 0 Å². The number of alkyl halides is 2. The molecule has 0 aliphatic rings. The molecule has 17 heavy (non-hydrogen) atoms. The van der Waals surface area contributed by atoms with Crippen LogP contribution in [0.25, 0.3) is 0 Å². The largest absolute Gasteiger partial charge is 0.434 e. The molecule has 8 heteroatoms. The molecular weight excluding hydrogens is 356 g/mol. The van der Waals surface area contributed by atoms with Crippen LogP contribution in [0.3, 0.4) is 0 Å². The molecule has 0 aromatic carbocycles. The van der Waals surface area contributed by atoms with Crippen LogP contribution in [0.2, 0.25) is 0 Å². The summed E-state index contributed by atoms with van der Waals surface area (Å²) in [6.45, 7) is 0.802. The van der Waals surface area contributed by atoms with Crippen LogP contribution >= 0.6 is 31.9 Å². The molecule has 0 fully saturated rings. The van der Waals surface area contributed by atoms with Crippen molar-refractivity contribution in [3.63, 3.8) is 0 Å². The second-order valence-electron chi connectivity index (χ2n) is 3.47. The molecule has 1 aromatic rings. The summed E-state index contributed by atoms with van der Waals surface area (Å²) in [5.41, 5.74) is 0.831. The first kappa shape index (κ1) is 14.6. The fourth-order valence-corrected chi connectivity index (χ4v) is 2.29. The average Bonchev–Trinajstić information content (AvgIpc) is 2.66. The second-order valence-corrected chi connectivity index (χ2v) is 5.06. The fraction of sp³-hybridized carbons (Fsp3) is 0.667. The SMILES string of the molecule is Cn1c(C(CCBr)NCCBr)cnc1[N+](=O)[O-].